The van der Waals surface area contributed by atoms with Gasteiger partial charge in [-0.05, 0) is 69.8 Å². The Morgan fingerprint density at radius 2 is 1.05 bits per heavy atom. The molecule has 3 aromatic heterocycles. The predicted molar refractivity (Wildman–Crippen MR) is 265 cm³/mol. The van der Waals surface area contributed by atoms with Crippen molar-refractivity contribution >= 4 is 55.4 Å². The summed E-state index contributed by atoms with van der Waals surface area (Å²) >= 11 is 1.88. The third-order valence-corrected chi connectivity index (χ3v) is 14.8. The number of pyridine rings is 1. The molecule has 14 rings (SSSR count). The van der Waals surface area contributed by atoms with Crippen LogP contribution in [0.1, 0.15) is 22.3 Å². The van der Waals surface area contributed by atoms with Gasteiger partial charge in [-0.15, -0.1) is 0 Å². The maximum atomic E-state index is 6.57. The second kappa shape index (κ2) is 13.9. The van der Waals surface area contributed by atoms with Crippen molar-refractivity contribution < 1.29 is 4.42 Å². The number of rotatable bonds is 4. The zero-order valence-corrected chi connectivity index (χ0v) is 35.7. The van der Waals surface area contributed by atoms with Crippen LogP contribution in [0.4, 0.5) is 0 Å². The monoisotopic (exact) mass is 845 g/mol. The molecule has 0 saturated carbocycles. The van der Waals surface area contributed by atoms with Crippen molar-refractivity contribution in [3.05, 3.63) is 235 Å². The SMILES string of the molecule is c1ccc(-c2nc(-c3ccc4nc(-c5ccccc5)c5ccc6c(c5c4c3)Sc3ccccc3C63c4ccccc4-c4ccccc43)cc(-c3cccc4c3oc3ccccc34)n2)cc1. The molecule has 12 aromatic rings. The van der Waals surface area contributed by atoms with Crippen molar-refractivity contribution in [2.45, 2.75) is 15.2 Å². The van der Waals surface area contributed by atoms with Gasteiger partial charge in [-0.2, -0.15) is 0 Å². The zero-order chi connectivity index (χ0) is 42.6. The number of benzene rings is 9. The van der Waals surface area contributed by atoms with Crippen LogP contribution in [0.15, 0.2) is 227 Å². The van der Waals surface area contributed by atoms with E-state index in [1.54, 1.807) is 0 Å². The van der Waals surface area contributed by atoms with E-state index in [0.717, 1.165) is 77.6 Å². The standard InChI is InChI=1S/C60H35N3OS/c1-3-16-36(17-4-1)56-44-31-32-49-58(65-54-29-14-12-27-48(54)60(49)46-25-10-7-20-39(46)40-21-8-11-26-47(40)60)55(44)45-34-38(30-33-50(45)61-56)51-35-52(63-59(62-51)37-18-5-2-6-19-37)43-24-15-23-42-41-22-9-13-28-53(41)64-57(42)43/h1-35H. The summed E-state index contributed by atoms with van der Waals surface area (Å²) in [5.74, 6) is 0.652. The molecule has 1 spiro atoms. The van der Waals surface area contributed by atoms with Gasteiger partial charge in [0.05, 0.1) is 28.0 Å². The van der Waals surface area contributed by atoms with Crippen LogP contribution in [0.25, 0.3) is 99.9 Å². The van der Waals surface area contributed by atoms with Gasteiger partial charge >= 0.3 is 0 Å². The van der Waals surface area contributed by atoms with Crippen LogP contribution >= 0.6 is 11.8 Å². The Kier molecular flexibility index (Phi) is 7.80. The molecule has 4 nitrogen and oxygen atoms in total. The fraction of sp³-hybridized carbons (Fsp3) is 0.0167. The van der Waals surface area contributed by atoms with Gasteiger partial charge in [0.15, 0.2) is 5.82 Å². The molecule has 1 aliphatic carbocycles. The Balaban J connectivity index is 1.07. The normalized spacial score (nSPS) is 13.3. The van der Waals surface area contributed by atoms with Gasteiger partial charge in [-0.1, -0.05) is 188 Å². The molecule has 0 fully saturated rings. The van der Waals surface area contributed by atoms with E-state index in [1.807, 2.05) is 42.1 Å². The molecule has 1 aliphatic heterocycles. The molecular formula is C60H35N3OS. The highest BCUT2D eigenvalue weighted by atomic mass is 32.2. The summed E-state index contributed by atoms with van der Waals surface area (Å²) in [5, 5.41) is 5.54. The first kappa shape index (κ1) is 36.4. The number of nitrogens with zero attached hydrogens (tertiary/aromatic N) is 3. The quantitative estimate of drug-likeness (QED) is 0.165. The average Bonchev–Trinajstić information content (AvgIpc) is 3.90. The predicted octanol–water partition coefficient (Wildman–Crippen LogP) is 15.6. The van der Waals surface area contributed by atoms with Crippen molar-refractivity contribution in [2.24, 2.45) is 0 Å². The van der Waals surface area contributed by atoms with Crippen LogP contribution in [-0.4, -0.2) is 15.0 Å². The summed E-state index contributed by atoms with van der Waals surface area (Å²) in [6.07, 6.45) is 0. The van der Waals surface area contributed by atoms with E-state index in [0.29, 0.717) is 5.82 Å². The summed E-state index contributed by atoms with van der Waals surface area (Å²) < 4.78 is 6.57. The highest BCUT2D eigenvalue weighted by molar-refractivity contribution is 7.99. The summed E-state index contributed by atoms with van der Waals surface area (Å²) in [5.41, 5.74) is 16.4. The minimum atomic E-state index is -0.511. The Labute approximate surface area is 378 Å². The lowest BCUT2D eigenvalue weighted by Gasteiger charge is -2.40. The Morgan fingerprint density at radius 3 is 1.85 bits per heavy atom. The van der Waals surface area contributed by atoms with E-state index < -0.39 is 5.41 Å². The number of hydrogen-bond donors (Lipinski definition) is 0. The van der Waals surface area contributed by atoms with E-state index >= 15 is 0 Å². The summed E-state index contributed by atoms with van der Waals surface area (Å²) in [6, 6.07) is 75.9. The van der Waals surface area contributed by atoms with Crippen molar-refractivity contribution in [3.63, 3.8) is 0 Å². The molecule has 0 N–H and O–H groups in total. The maximum Gasteiger partial charge on any atom is 0.160 e. The second-order valence-corrected chi connectivity index (χ2v) is 18.0. The van der Waals surface area contributed by atoms with Gasteiger partial charge in [-0.3, -0.25) is 0 Å². The Morgan fingerprint density at radius 1 is 0.400 bits per heavy atom. The van der Waals surface area contributed by atoms with E-state index in [4.69, 9.17) is 19.4 Å². The van der Waals surface area contributed by atoms with E-state index in [-0.39, 0.29) is 0 Å². The number of furan rings is 1. The molecule has 65 heavy (non-hydrogen) atoms. The van der Waals surface area contributed by atoms with Gasteiger partial charge in [-0.25, -0.2) is 15.0 Å². The van der Waals surface area contributed by atoms with Crippen LogP contribution < -0.4 is 0 Å². The van der Waals surface area contributed by atoms with Crippen molar-refractivity contribution in [1.82, 2.24) is 15.0 Å². The van der Waals surface area contributed by atoms with Crippen LogP contribution in [0, 0.1) is 0 Å². The molecule has 5 heteroatoms. The van der Waals surface area contributed by atoms with Gasteiger partial charge in [0, 0.05) is 59.0 Å². The number of para-hydroxylation sites is 2. The molecule has 0 unspecified atom stereocenters. The second-order valence-electron chi connectivity index (χ2n) is 17.0. The molecule has 9 aromatic carbocycles. The fourth-order valence-corrected chi connectivity index (χ4v) is 12.1. The molecule has 0 saturated heterocycles. The lowest BCUT2D eigenvalue weighted by atomic mass is 9.67. The van der Waals surface area contributed by atoms with Gasteiger partial charge in [0.2, 0.25) is 0 Å². The minimum Gasteiger partial charge on any atom is -0.455 e. The van der Waals surface area contributed by atoms with E-state index in [2.05, 4.69) is 182 Å². The van der Waals surface area contributed by atoms with Crippen LogP contribution in [-0.2, 0) is 5.41 Å². The lowest BCUT2D eigenvalue weighted by Crippen LogP contribution is -2.32. The Bertz CT molecular complexity index is 3890. The first-order valence-corrected chi connectivity index (χ1v) is 22.8. The minimum absolute atomic E-state index is 0.511. The molecule has 0 amide bonds. The van der Waals surface area contributed by atoms with Crippen LogP contribution in [0.2, 0.25) is 0 Å². The van der Waals surface area contributed by atoms with Crippen molar-refractivity contribution in [2.75, 3.05) is 0 Å². The van der Waals surface area contributed by atoms with Gasteiger partial charge < -0.3 is 4.42 Å². The third-order valence-electron chi connectivity index (χ3n) is 13.6. The number of aromatic nitrogens is 3. The average molecular weight is 846 g/mol. The summed E-state index contributed by atoms with van der Waals surface area (Å²) in [4.78, 5) is 18.6. The number of fused-ring (bicyclic) bond motifs is 16. The largest absolute Gasteiger partial charge is 0.455 e. The topological polar surface area (TPSA) is 51.8 Å². The van der Waals surface area contributed by atoms with E-state index in [9.17, 15) is 0 Å². The summed E-state index contributed by atoms with van der Waals surface area (Å²) in [6.45, 7) is 0. The molecule has 302 valence electrons. The highest BCUT2D eigenvalue weighted by Gasteiger charge is 2.50. The van der Waals surface area contributed by atoms with E-state index in [1.165, 1.54) is 48.6 Å². The molecule has 0 radical (unpaired) electrons. The maximum absolute atomic E-state index is 6.57. The third kappa shape index (κ3) is 5.24. The number of hydrogen-bond acceptors (Lipinski definition) is 5. The lowest BCUT2D eigenvalue weighted by molar-refractivity contribution is 0.670. The van der Waals surface area contributed by atoms with Crippen molar-refractivity contribution in [1.29, 1.82) is 0 Å². The zero-order valence-electron chi connectivity index (χ0n) is 34.9. The Hall–Kier alpha value is -8.12. The highest BCUT2D eigenvalue weighted by Crippen LogP contribution is 2.63. The molecular weight excluding hydrogens is 811 g/mol. The molecule has 2 aliphatic rings. The molecule has 4 heterocycles. The first-order chi connectivity index (χ1) is 32.2. The molecule has 0 bridgehead atoms. The van der Waals surface area contributed by atoms with Crippen LogP contribution in [0.3, 0.4) is 0 Å². The van der Waals surface area contributed by atoms with Gasteiger partial charge in [0.1, 0.15) is 11.2 Å². The first-order valence-electron chi connectivity index (χ1n) is 22.0. The van der Waals surface area contributed by atoms with Crippen molar-refractivity contribution in [3.8, 4) is 56.3 Å². The smallest absolute Gasteiger partial charge is 0.160 e. The summed E-state index contributed by atoms with van der Waals surface area (Å²) in [7, 11) is 0. The fourth-order valence-electron chi connectivity index (χ4n) is 10.8. The van der Waals surface area contributed by atoms with Gasteiger partial charge in [0.25, 0.3) is 0 Å². The van der Waals surface area contributed by atoms with Crippen LogP contribution in [0.5, 0.6) is 0 Å². The molecule has 0 atom stereocenters.